The van der Waals surface area contributed by atoms with Crippen LogP contribution < -0.4 is 10.6 Å². The highest BCUT2D eigenvalue weighted by atomic mass is 79.9. The van der Waals surface area contributed by atoms with Crippen molar-refractivity contribution in [2.24, 2.45) is 0 Å². The van der Waals surface area contributed by atoms with Crippen LogP contribution in [0.1, 0.15) is 20.8 Å². The van der Waals surface area contributed by atoms with Crippen LogP contribution in [-0.4, -0.2) is 30.6 Å². The molecular weight excluding hydrogens is 360 g/mol. The van der Waals surface area contributed by atoms with E-state index in [9.17, 15) is 9.59 Å². The zero-order valence-corrected chi connectivity index (χ0v) is 14.5. The van der Waals surface area contributed by atoms with E-state index in [2.05, 4.69) is 26.6 Å². The van der Waals surface area contributed by atoms with Crippen LogP contribution in [0.3, 0.4) is 0 Å². The van der Waals surface area contributed by atoms with E-state index in [1.54, 1.807) is 39.0 Å². The van der Waals surface area contributed by atoms with Gasteiger partial charge in [-0.1, -0.05) is 27.5 Å². The number of hydrogen-bond acceptors (Lipinski definition) is 4. The molecular formula is C14H18BrClN2O3. The van der Waals surface area contributed by atoms with Crippen molar-refractivity contribution in [1.29, 1.82) is 0 Å². The van der Waals surface area contributed by atoms with Crippen molar-refractivity contribution in [1.82, 2.24) is 5.32 Å². The Balaban J connectivity index is 2.56. The maximum absolute atomic E-state index is 11.9. The lowest BCUT2D eigenvalue weighted by atomic mass is 10.1. The number of carbonyl (C=O) groups excluding carboxylic acids is 2. The largest absolute Gasteiger partial charge is 0.465 e. The maximum atomic E-state index is 11.9. The highest BCUT2D eigenvalue weighted by Crippen LogP contribution is 2.25. The Morgan fingerprint density at radius 3 is 2.62 bits per heavy atom. The Morgan fingerprint density at radius 1 is 1.38 bits per heavy atom. The van der Waals surface area contributed by atoms with Crippen molar-refractivity contribution in [2.75, 3.05) is 18.5 Å². The van der Waals surface area contributed by atoms with Gasteiger partial charge in [-0.2, -0.15) is 0 Å². The molecule has 0 radical (unpaired) electrons. The van der Waals surface area contributed by atoms with E-state index in [0.717, 1.165) is 4.47 Å². The van der Waals surface area contributed by atoms with Gasteiger partial charge in [-0.05, 0) is 39.0 Å². The molecule has 0 fully saturated rings. The maximum Gasteiger partial charge on any atom is 0.325 e. The van der Waals surface area contributed by atoms with Crippen LogP contribution in [-0.2, 0) is 14.3 Å². The predicted octanol–water partition coefficient (Wildman–Crippen LogP) is 2.97. The molecule has 0 heterocycles. The first kappa shape index (κ1) is 17.9. The molecule has 1 rings (SSSR count). The number of hydrogen-bond donors (Lipinski definition) is 2. The average Bonchev–Trinajstić information content (AvgIpc) is 2.40. The summed E-state index contributed by atoms with van der Waals surface area (Å²) in [6.45, 7) is 5.31. The Hall–Kier alpha value is -1.11. The second-order valence-electron chi connectivity index (χ2n) is 4.87. The summed E-state index contributed by atoms with van der Waals surface area (Å²) in [5.74, 6) is -0.698. The van der Waals surface area contributed by atoms with Crippen LogP contribution in [0.5, 0.6) is 0 Å². The van der Waals surface area contributed by atoms with Crippen LogP contribution in [0.2, 0.25) is 5.02 Å². The van der Waals surface area contributed by atoms with Crippen molar-refractivity contribution in [2.45, 2.75) is 26.3 Å². The van der Waals surface area contributed by atoms with Gasteiger partial charge in [0.25, 0.3) is 0 Å². The lowest BCUT2D eigenvalue weighted by molar-refractivity contribution is -0.149. The standard InChI is InChI=1S/C14H18BrClN2O3/c1-4-21-13(20)14(2,3)17-8-12(19)18-11-6-5-9(15)7-10(11)16/h5-7,17H,4,8H2,1-3H3,(H,18,19). The van der Waals surface area contributed by atoms with E-state index >= 15 is 0 Å². The molecule has 1 aromatic carbocycles. The summed E-state index contributed by atoms with van der Waals surface area (Å²) in [7, 11) is 0. The molecule has 21 heavy (non-hydrogen) atoms. The number of carbonyl (C=O) groups is 2. The number of anilines is 1. The zero-order chi connectivity index (χ0) is 16.0. The van der Waals surface area contributed by atoms with Gasteiger partial charge in [-0.15, -0.1) is 0 Å². The molecule has 0 aliphatic carbocycles. The van der Waals surface area contributed by atoms with Crippen LogP contribution in [0.15, 0.2) is 22.7 Å². The Labute approximate surface area is 137 Å². The van der Waals surface area contributed by atoms with Gasteiger partial charge in [0.1, 0.15) is 5.54 Å². The zero-order valence-electron chi connectivity index (χ0n) is 12.1. The molecule has 0 bridgehead atoms. The third-order valence-electron chi connectivity index (χ3n) is 2.68. The highest BCUT2D eigenvalue weighted by Gasteiger charge is 2.29. The fourth-order valence-electron chi connectivity index (χ4n) is 1.47. The third-order valence-corrected chi connectivity index (χ3v) is 3.49. The van der Waals surface area contributed by atoms with Crippen LogP contribution in [0.25, 0.3) is 0 Å². The molecule has 1 aromatic rings. The van der Waals surface area contributed by atoms with Crippen molar-refractivity contribution in [3.63, 3.8) is 0 Å². The van der Waals surface area contributed by atoms with Crippen molar-refractivity contribution in [3.8, 4) is 0 Å². The minimum atomic E-state index is -0.934. The van der Waals surface area contributed by atoms with Gasteiger partial charge in [0.2, 0.25) is 5.91 Å². The fraction of sp³-hybridized carbons (Fsp3) is 0.429. The van der Waals surface area contributed by atoms with Gasteiger partial charge < -0.3 is 10.1 Å². The molecule has 0 aliphatic heterocycles. The first-order chi connectivity index (χ1) is 9.76. The summed E-state index contributed by atoms with van der Waals surface area (Å²) >= 11 is 9.31. The molecule has 2 N–H and O–H groups in total. The number of halogens is 2. The minimum Gasteiger partial charge on any atom is -0.465 e. The molecule has 0 aliphatic rings. The van der Waals surface area contributed by atoms with Crippen LogP contribution in [0, 0.1) is 0 Å². The first-order valence-electron chi connectivity index (χ1n) is 6.43. The molecule has 0 spiro atoms. The first-order valence-corrected chi connectivity index (χ1v) is 7.60. The fourth-order valence-corrected chi connectivity index (χ4v) is 2.19. The molecule has 0 atom stereocenters. The second kappa shape index (κ2) is 7.77. The summed E-state index contributed by atoms with van der Waals surface area (Å²) in [4.78, 5) is 23.6. The van der Waals surface area contributed by atoms with Crippen LogP contribution in [0.4, 0.5) is 5.69 Å². The van der Waals surface area contributed by atoms with Crippen molar-refractivity contribution < 1.29 is 14.3 Å². The molecule has 0 unspecified atom stereocenters. The Morgan fingerprint density at radius 2 is 2.05 bits per heavy atom. The topological polar surface area (TPSA) is 67.4 Å². The summed E-state index contributed by atoms with van der Waals surface area (Å²) in [5, 5.41) is 5.96. The summed E-state index contributed by atoms with van der Waals surface area (Å²) in [5.41, 5.74) is -0.419. The molecule has 1 amide bonds. The summed E-state index contributed by atoms with van der Waals surface area (Å²) in [6, 6.07) is 5.16. The SMILES string of the molecule is CCOC(=O)C(C)(C)NCC(=O)Nc1ccc(Br)cc1Cl. The molecule has 0 saturated heterocycles. The van der Waals surface area contributed by atoms with Gasteiger partial charge in [-0.25, -0.2) is 0 Å². The number of nitrogens with one attached hydrogen (secondary N) is 2. The smallest absolute Gasteiger partial charge is 0.325 e. The van der Waals surface area contributed by atoms with E-state index in [-0.39, 0.29) is 12.5 Å². The quantitative estimate of drug-likeness (QED) is 0.748. The molecule has 116 valence electrons. The molecule has 0 saturated carbocycles. The van der Waals surface area contributed by atoms with Gasteiger partial charge in [0, 0.05) is 4.47 Å². The summed E-state index contributed by atoms with van der Waals surface area (Å²) < 4.78 is 5.76. The average molecular weight is 378 g/mol. The van der Waals surface area contributed by atoms with E-state index < -0.39 is 11.5 Å². The lowest BCUT2D eigenvalue weighted by Crippen LogP contribution is -2.50. The summed E-state index contributed by atoms with van der Waals surface area (Å²) in [6.07, 6.45) is 0. The van der Waals surface area contributed by atoms with Gasteiger partial charge in [0.05, 0.1) is 23.9 Å². The van der Waals surface area contributed by atoms with E-state index in [1.165, 1.54) is 0 Å². The second-order valence-corrected chi connectivity index (χ2v) is 6.19. The van der Waals surface area contributed by atoms with E-state index in [4.69, 9.17) is 16.3 Å². The number of amides is 1. The number of rotatable bonds is 6. The predicted molar refractivity (Wildman–Crippen MR) is 86.5 cm³/mol. The Kier molecular flexibility index (Phi) is 6.64. The normalized spacial score (nSPS) is 11.1. The van der Waals surface area contributed by atoms with Gasteiger partial charge in [0.15, 0.2) is 0 Å². The monoisotopic (exact) mass is 376 g/mol. The van der Waals surface area contributed by atoms with Gasteiger partial charge in [-0.3, -0.25) is 14.9 Å². The number of esters is 1. The lowest BCUT2D eigenvalue weighted by Gasteiger charge is -2.23. The highest BCUT2D eigenvalue weighted by molar-refractivity contribution is 9.10. The number of benzene rings is 1. The molecule has 0 aromatic heterocycles. The minimum absolute atomic E-state index is 0.0296. The van der Waals surface area contributed by atoms with Gasteiger partial charge >= 0.3 is 5.97 Å². The van der Waals surface area contributed by atoms with Crippen molar-refractivity contribution in [3.05, 3.63) is 27.7 Å². The third kappa shape index (κ3) is 5.65. The van der Waals surface area contributed by atoms with Crippen molar-refractivity contribution >= 4 is 45.1 Å². The molecule has 5 nitrogen and oxygen atoms in total. The van der Waals surface area contributed by atoms with E-state index in [1.807, 2.05) is 0 Å². The van der Waals surface area contributed by atoms with E-state index in [0.29, 0.717) is 17.3 Å². The Bertz CT molecular complexity index is 535. The molecule has 7 heteroatoms. The van der Waals surface area contributed by atoms with Crippen LogP contribution >= 0.6 is 27.5 Å². The number of ether oxygens (including phenoxy) is 1.